The molecule has 0 spiro atoms. The molecule has 72 valence electrons. The largest absolute Gasteiger partial charge is 0.405 e. The Hall–Kier alpha value is -0.940. The number of guanidine groups is 1. The van der Waals surface area contributed by atoms with Crippen molar-refractivity contribution >= 4 is 5.96 Å². The molecule has 0 bridgehead atoms. The van der Waals surface area contributed by atoms with E-state index in [-0.39, 0.29) is 5.96 Å². The summed E-state index contributed by atoms with van der Waals surface area (Å²) >= 11 is 0. The first-order valence-electron chi connectivity index (χ1n) is 3.51. The summed E-state index contributed by atoms with van der Waals surface area (Å²) in [6, 6.07) is 0. The first kappa shape index (κ1) is 11.1. The Morgan fingerprint density at radius 3 is 2.25 bits per heavy atom. The molecule has 0 aliphatic rings. The van der Waals surface area contributed by atoms with Crippen LogP contribution >= 0.6 is 0 Å². The molecule has 0 aromatic heterocycles. The van der Waals surface area contributed by atoms with E-state index in [9.17, 15) is 13.2 Å². The van der Waals surface area contributed by atoms with Gasteiger partial charge in [-0.05, 0) is 6.92 Å². The van der Waals surface area contributed by atoms with Crippen LogP contribution in [0.3, 0.4) is 0 Å². The molecular formula is C6H12F3N3. The van der Waals surface area contributed by atoms with Gasteiger partial charge in [-0.15, -0.1) is 0 Å². The van der Waals surface area contributed by atoms with Crippen molar-refractivity contribution in [1.82, 2.24) is 10.6 Å². The molecule has 0 unspecified atom stereocenters. The maximum Gasteiger partial charge on any atom is 0.405 e. The molecule has 0 fully saturated rings. The van der Waals surface area contributed by atoms with E-state index < -0.39 is 12.7 Å². The van der Waals surface area contributed by atoms with Crippen LogP contribution in [-0.4, -0.2) is 32.3 Å². The lowest BCUT2D eigenvalue weighted by molar-refractivity contribution is -0.122. The Bertz CT molecular complexity index is 153. The van der Waals surface area contributed by atoms with Crippen molar-refractivity contribution in [2.75, 3.05) is 20.1 Å². The molecule has 0 aromatic rings. The van der Waals surface area contributed by atoms with Gasteiger partial charge in [0.25, 0.3) is 0 Å². The van der Waals surface area contributed by atoms with Gasteiger partial charge in [0, 0.05) is 13.6 Å². The summed E-state index contributed by atoms with van der Waals surface area (Å²) in [7, 11) is 1.42. The van der Waals surface area contributed by atoms with E-state index in [4.69, 9.17) is 0 Å². The predicted molar refractivity (Wildman–Crippen MR) is 41.1 cm³/mol. The van der Waals surface area contributed by atoms with Gasteiger partial charge in [0.05, 0.1) is 0 Å². The molecule has 0 aromatic carbocycles. The second kappa shape index (κ2) is 4.84. The lowest BCUT2D eigenvalue weighted by Gasteiger charge is -2.11. The van der Waals surface area contributed by atoms with Crippen molar-refractivity contribution in [3.8, 4) is 0 Å². The van der Waals surface area contributed by atoms with Crippen LogP contribution in [0.15, 0.2) is 4.99 Å². The van der Waals surface area contributed by atoms with Gasteiger partial charge in [0.1, 0.15) is 6.54 Å². The highest BCUT2D eigenvalue weighted by atomic mass is 19.4. The minimum Gasteiger partial charge on any atom is -0.357 e. The fourth-order valence-corrected chi connectivity index (χ4v) is 0.572. The third-order valence-corrected chi connectivity index (χ3v) is 1.02. The highest BCUT2D eigenvalue weighted by molar-refractivity contribution is 5.79. The maximum atomic E-state index is 11.6. The topological polar surface area (TPSA) is 36.4 Å². The Balaban J connectivity index is 3.74. The average molecular weight is 183 g/mol. The Labute approximate surface area is 69.1 Å². The lowest BCUT2D eigenvalue weighted by atomic mass is 10.6. The van der Waals surface area contributed by atoms with E-state index in [1.807, 2.05) is 0 Å². The quantitative estimate of drug-likeness (QED) is 0.489. The lowest BCUT2D eigenvalue weighted by Crippen LogP contribution is -2.41. The van der Waals surface area contributed by atoms with Gasteiger partial charge in [-0.2, -0.15) is 13.2 Å². The number of nitrogens with zero attached hydrogens (tertiary/aromatic N) is 1. The second-order valence-electron chi connectivity index (χ2n) is 2.07. The fourth-order valence-electron chi connectivity index (χ4n) is 0.572. The average Bonchev–Trinajstić information content (AvgIpc) is 1.96. The molecule has 0 aliphatic heterocycles. The van der Waals surface area contributed by atoms with Crippen molar-refractivity contribution < 1.29 is 13.2 Å². The number of nitrogens with one attached hydrogen (secondary N) is 2. The zero-order valence-electron chi connectivity index (χ0n) is 7.00. The predicted octanol–water partition coefficient (Wildman–Crippen LogP) is 0.734. The van der Waals surface area contributed by atoms with Crippen molar-refractivity contribution in [3.63, 3.8) is 0 Å². The summed E-state index contributed by atoms with van der Waals surface area (Å²) < 4.78 is 34.9. The van der Waals surface area contributed by atoms with Crippen molar-refractivity contribution in [2.45, 2.75) is 13.1 Å². The van der Waals surface area contributed by atoms with Crippen molar-refractivity contribution in [1.29, 1.82) is 0 Å². The van der Waals surface area contributed by atoms with Crippen LogP contribution in [0.1, 0.15) is 6.92 Å². The van der Waals surface area contributed by atoms with E-state index in [1.165, 1.54) is 7.05 Å². The molecule has 0 amide bonds. The Morgan fingerprint density at radius 1 is 1.33 bits per heavy atom. The zero-order chi connectivity index (χ0) is 9.61. The zero-order valence-corrected chi connectivity index (χ0v) is 7.00. The second-order valence-corrected chi connectivity index (χ2v) is 2.07. The SMILES string of the molecule is CCNC(=NC)NCC(F)(F)F. The van der Waals surface area contributed by atoms with Gasteiger partial charge in [-0.3, -0.25) is 4.99 Å². The highest BCUT2D eigenvalue weighted by Crippen LogP contribution is 2.11. The summed E-state index contributed by atoms with van der Waals surface area (Å²) in [4.78, 5) is 3.58. The van der Waals surface area contributed by atoms with E-state index in [1.54, 1.807) is 6.92 Å². The molecule has 0 rings (SSSR count). The van der Waals surface area contributed by atoms with E-state index in [0.29, 0.717) is 6.54 Å². The summed E-state index contributed by atoms with van der Waals surface area (Å²) in [5, 5.41) is 4.77. The number of halogens is 3. The van der Waals surface area contributed by atoms with Gasteiger partial charge in [0.15, 0.2) is 5.96 Å². The first-order chi connectivity index (χ1) is 5.49. The molecule has 0 saturated carbocycles. The summed E-state index contributed by atoms with van der Waals surface area (Å²) in [5.41, 5.74) is 0. The smallest absolute Gasteiger partial charge is 0.357 e. The number of hydrogen-bond acceptors (Lipinski definition) is 1. The molecule has 2 N–H and O–H groups in total. The van der Waals surface area contributed by atoms with E-state index in [2.05, 4.69) is 15.6 Å². The molecule has 0 atom stereocenters. The summed E-state index contributed by atoms with van der Waals surface area (Å²) in [6.45, 7) is 1.25. The monoisotopic (exact) mass is 183 g/mol. The van der Waals surface area contributed by atoms with E-state index >= 15 is 0 Å². The number of alkyl halides is 3. The van der Waals surface area contributed by atoms with Gasteiger partial charge < -0.3 is 10.6 Å². The molecule has 3 nitrogen and oxygen atoms in total. The van der Waals surface area contributed by atoms with E-state index in [0.717, 1.165) is 0 Å². The summed E-state index contributed by atoms with van der Waals surface area (Å²) in [5.74, 6) is 0.162. The van der Waals surface area contributed by atoms with Crippen LogP contribution in [0.2, 0.25) is 0 Å². The molecule has 0 radical (unpaired) electrons. The normalized spacial score (nSPS) is 12.9. The van der Waals surface area contributed by atoms with Gasteiger partial charge in [0.2, 0.25) is 0 Å². The summed E-state index contributed by atoms with van der Waals surface area (Å²) in [6.07, 6.45) is -4.20. The van der Waals surface area contributed by atoms with Crippen LogP contribution < -0.4 is 10.6 Å². The number of rotatable bonds is 2. The molecule has 0 heterocycles. The molecule has 12 heavy (non-hydrogen) atoms. The first-order valence-corrected chi connectivity index (χ1v) is 3.51. The Kier molecular flexibility index (Phi) is 4.46. The van der Waals surface area contributed by atoms with Crippen LogP contribution in [0.25, 0.3) is 0 Å². The minimum absolute atomic E-state index is 0.162. The number of hydrogen-bond donors (Lipinski definition) is 2. The minimum atomic E-state index is -4.20. The molecule has 0 saturated heterocycles. The van der Waals surface area contributed by atoms with Gasteiger partial charge in [-0.25, -0.2) is 0 Å². The molecule has 0 aliphatic carbocycles. The van der Waals surface area contributed by atoms with Crippen LogP contribution in [0.4, 0.5) is 13.2 Å². The third-order valence-electron chi connectivity index (χ3n) is 1.02. The molecule has 6 heteroatoms. The fraction of sp³-hybridized carbons (Fsp3) is 0.833. The Morgan fingerprint density at radius 2 is 1.92 bits per heavy atom. The van der Waals surface area contributed by atoms with Crippen LogP contribution in [-0.2, 0) is 0 Å². The van der Waals surface area contributed by atoms with Crippen molar-refractivity contribution in [3.05, 3.63) is 0 Å². The number of aliphatic imine (C=N–C) groups is 1. The van der Waals surface area contributed by atoms with Gasteiger partial charge >= 0.3 is 6.18 Å². The standard InChI is InChI=1S/C6H12F3N3/c1-3-11-5(10-2)12-4-6(7,8)9/h3-4H2,1-2H3,(H2,10,11,12). The van der Waals surface area contributed by atoms with Crippen LogP contribution in [0.5, 0.6) is 0 Å². The van der Waals surface area contributed by atoms with Crippen LogP contribution in [0, 0.1) is 0 Å². The van der Waals surface area contributed by atoms with Gasteiger partial charge in [-0.1, -0.05) is 0 Å². The third kappa shape index (κ3) is 5.82. The molecular weight excluding hydrogens is 171 g/mol. The van der Waals surface area contributed by atoms with Crippen molar-refractivity contribution in [2.24, 2.45) is 4.99 Å². The maximum absolute atomic E-state index is 11.6. The highest BCUT2D eigenvalue weighted by Gasteiger charge is 2.26.